The number of rotatable bonds is 5. The number of carbonyl (C=O) groups is 4. The van der Waals surface area contributed by atoms with Crippen LogP contribution >= 0.6 is 0 Å². The van der Waals surface area contributed by atoms with E-state index < -0.39 is 41.0 Å². The highest BCUT2D eigenvalue weighted by Gasteiger charge is 2.69. The number of fused-ring (bicyclic) bond motifs is 4. The van der Waals surface area contributed by atoms with Crippen molar-refractivity contribution in [1.29, 1.82) is 0 Å². The second-order valence-corrected chi connectivity index (χ2v) is 9.74. The Labute approximate surface area is 210 Å². The van der Waals surface area contributed by atoms with E-state index in [4.69, 9.17) is 9.47 Å². The van der Waals surface area contributed by atoms with Gasteiger partial charge in [0, 0.05) is 30.5 Å². The van der Waals surface area contributed by atoms with E-state index in [0.29, 0.717) is 17.0 Å². The third-order valence-electron chi connectivity index (χ3n) is 8.38. The van der Waals surface area contributed by atoms with Crippen LogP contribution in [0.1, 0.15) is 30.9 Å². The van der Waals surface area contributed by atoms with Crippen LogP contribution in [0.25, 0.3) is 0 Å². The molecule has 1 aliphatic heterocycles. The molecule has 36 heavy (non-hydrogen) atoms. The van der Waals surface area contributed by atoms with Crippen LogP contribution in [0, 0.1) is 23.7 Å². The number of benzene rings is 2. The molecule has 0 unspecified atom stereocenters. The monoisotopic (exact) mass is 487 g/mol. The second kappa shape index (κ2) is 8.73. The minimum atomic E-state index is -1.29. The van der Waals surface area contributed by atoms with Crippen molar-refractivity contribution in [3.05, 3.63) is 71.3 Å². The van der Waals surface area contributed by atoms with Crippen LogP contribution in [-0.2, 0) is 29.3 Å². The predicted molar refractivity (Wildman–Crippen MR) is 133 cm³/mol. The number of anilines is 1. The third-order valence-corrected chi connectivity index (χ3v) is 8.38. The standard InChI is InChI=1S/C29H29NO6/c1-5-36-27(33)24-23(17-10-12-19(35-4)13-11-17)20-14-18(15-31)16(2)29(25(20)26(24)32)21-8-6-7-9-22(21)30(3)28(29)34/h6-16,20,23-25H,5H2,1-4H3/t16-,20-,23-,24+,25+,29-/m1/s1. The molecule has 7 nitrogen and oxygen atoms in total. The Morgan fingerprint density at radius 2 is 1.81 bits per heavy atom. The summed E-state index contributed by atoms with van der Waals surface area (Å²) in [6, 6.07) is 14.6. The topological polar surface area (TPSA) is 90.0 Å². The van der Waals surface area contributed by atoms with Gasteiger partial charge in [0.25, 0.3) is 0 Å². The van der Waals surface area contributed by atoms with Gasteiger partial charge in [-0.2, -0.15) is 0 Å². The molecule has 0 N–H and O–H groups in total. The van der Waals surface area contributed by atoms with Crippen LogP contribution in [0.2, 0.25) is 0 Å². The SMILES string of the molecule is CCOC(=O)[C@@H]1C(=O)[C@@H]2[C@H](C=C(C=O)[C@@H](C)[C@]23C(=O)N(C)c2ccccc23)[C@H]1c1ccc(OC)cc1. The van der Waals surface area contributed by atoms with Crippen molar-refractivity contribution in [3.8, 4) is 5.75 Å². The minimum absolute atomic E-state index is 0.134. The molecule has 0 aromatic heterocycles. The van der Waals surface area contributed by atoms with Gasteiger partial charge >= 0.3 is 5.97 Å². The molecule has 1 spiro atoms. The Bertz CT molecular complexity index is 1280. The Kier molecular flexibility index (Phi) is 5.81. The molecule has 0 radical (unpaired) electrons. The molecule has 0 saturated heterocycles. The first-order valence-electron chi connectivity index (χ1n) is 12.2. The van der Waals surface area contributed by atoms with E-state index in [1.165, 1.54) is 0 Å². The number of aldehydes is 1. The smallest absolute Gasteiger partial charge is 0.317 e. The fraction of sp³-hybridized carbons (Fsp3) is 0.379. The molecule has 1 saturated carbocycles. The highest BCUT2D eigenvalue weighted by Crippen LogP contribution is 2.63. The molecule has 186 valence electrons. The number of esters is 1. The molecule has 2 aliphatic carbocycles. The van der Waals surface area contributed by atoms with E-state index in [2.05, 4.69) is 0 Å². The zero-order chi connectivity index (χ0) is 25.8. The summed E-state index contributed by atoms with van der Waals surface area (Å²) in [4.78, 5) is 55.6. The number of amides is 1. The molecular weight excluding hydrogens is 458 g/mol. The van der Waals surface area contributed by atoms with E-state index in [1.54, 1.807) is 38.1 Å². The Morgan fingerprint density at radius 1 is 1.11 bits per heavy atom. The first kappa shape index (κ1) is 24.0. The van der Waals surface area contributed by atoms with Gasteiger partial charge in [0.15, 0.2) is 5.78 Å². The highest BCUT2D eigenvalue weighted by atomic mass is 16.5. The maximum Gasteiger partial charge on any atom is 0.317 e. The van der Waals surface area contributed by atoms with Crippen molar-refractivity contribution < 1.29 is 28.7 Å². The predicted octanol–water partition coefficient (Wildman–Crippen LogP) is 3.46. The molecule has 2 aromatic carbocycles. The Balaban J connectivity index is 1.78. The normalized spacial score (nSPS) is 30.6. The molecule has 7 heteroatoms. The maximum absolute atomic E-state index is 14.3. The number of Topliss-reactive ketones (excluding diaryl/α,β-unsaturated/α-hetero) is 1. The number of methoxy groups -OCH3 is 1. The van der Waals surface area contributed by atoms with Crippen molar-refractivity contribution in [1.82, 2.24) is 0 Å². The van der Waals surface area contributed by atoms with Crippen molar-refractivity contribution >= 4 is 29.6 Å². The van der Waals surface area contributed by atoms with Crippen molar-refractivity contribution in [3.63, 3.8) is 0 Å². The minimum Gasteiger partial charge on any atom is -0.497 e. The van der Waals surface area contributed by atoms with Gasteiger partial charge in [-0.25, -0.2) is 0 Å². The number of nitrogens with zero attached hydrogens (tertiary/aromatic N) is 1. The van der Waals surface area contributed by atoms with Crippen LogP contribution in [0.15, 0.2) is 60.2 Å². The van der Waals surface area contributed by atoms with Crippen molar-refractivity contribution in [2.24, 2.45) is 23.7 Å². The first-order chi connectivity index (χ1) is 17.3. The van der Waals surface area contributed by atoms with Gasteiger partial charge in [0.1, 0.15) is 18.0 Å². The lowest BCUT2D eigenvalue weighted by Crippen LogP contribution is -2.55. The number of ether oxygens (including phenoxy) is 2. The van der Waals surface area contributed by atoms with Crippen molar-refractivity contribution in [2.45, 2.75) is 25.2 Å². The van der Waals surface area contributed by atoms with E-state index >= 15 is 0 Å². The summed E-state index contributed by atoms with van der Waals surface area (Å²) in [5.74, 6) is -4.09. The number of allylic oxidation sites excluding steroid dienone is 2. The summed E-state index contributed by atoms with van der Waals surface area (Å²) in [7, 11) is 3.26. The second-order valence-electron chi connectivity index (χ2n) is 9.74. The zero-order valence-electron chi connectivity index (χ0n) is 20.8. The highest BCUT2D eigenvalue weighted by molar-refractivity contribution is 6.15. The van der Waals surface area contributed by atoms with Gasteiger partial charge in [0.05, 0.1) is 19.1 Å². The fourth-order valence-electron chi connectivity index (χ4n) is 6.83. The van der Waals surface area contributed by atoms with Crippen LogP contribution < -0.4 is 9.64 Å². The summed E-state index contributed by atoms with van der Waals surface area (Å²) in [6.07, 6.45) is 2.60. The molecule has 1 fully saturated rings. The summed E-state index contributed by atoms with van der Waals surface area (Å²) >= 11 is 0. The number of carbonyl (C=O) groups excluding carboxylic acids is 4. The average molecular weight is 488 g/mol. The third kappa shape index (κ3) is 3.04. The first-order valence-corrected chi connectivity index (χ1v) is 12.2. The zero-order valence-corrected chi connectivity index (χ0v) is 20.8. The lowest BCUT2D eigenvalue weighted by Gasteiger charge is -2.45. The van der Waals surface area contributed by atoms with Crippen LogP contribution in [-0.4, -0.2) is 44.7 Å². The molecule has 3 aliphatic rings. The van der Waals surface area contributed by atoms with Gasteiger partial charge in [-0.3, -0.25) is 19.2 Å². The molecule has 2 aromatic rings. The lowest BCUT2D eigenvalue weighted by atomic mass is 9.54. The molecular formula is C29H29NO6. The van der Waals surface area contributed by atoms with E-state index in [1.807, 2.05) is 49.4 Å². The Morgan fingerprint density at radius 3 is 2.44 bits per heavy atom. The van der Waals surface area contributed by atoms with Gasteiger partial charge < -0.3 is 14.4 Å². The van der Waals surface area contributed by atoms with E-state index in [-0.39, 0.29) is 18.3 Å². The quantitative estimate of drug-likeness (QED) is 0.365. The molecule has 1 heterocycles. The summed E-state index contributed by atoms with van der Waals surface area (Å²) in [6.45, 7) is 3.67. The van der Waals surface area contributed by atoms with Crippen molar-refractivity contribution in [2.75, 3.05) is 25.7 Å². The maximum atomic E-state index is 14.3. The largest absolute Gasteiger partial charge is 0.497 e. The molecule has 1 amide bonds. The van der Waals surface area contributed by atoms with Crippen LogP contribution in [0.4, 0.5) is 5.69 Å². The number of para-hydroxylation sites is 1. The number of hydrogen-bond donors (Lipinski definition) is 0. The Hall–Kier alpha value is -3.74. The summed E-state index contributed by atoms with van der Waals surface area (Å²) < 4.78 is 10.7. The van der Waals surface area contributed by atoms with Crippen LogP contribution in [0.3, 0.4) is 0 Å². The fourth-order valence-corrected chi connectivity index (χ4v) is 6.83. The average Bonchev–Trinajstić information content (AvgIpc) is 3.31. The summed E-state index contributed by atoms with van der Waals surface area (Å²) in [5.41, 5.74) is 1.37. The van der Waals surface area contributed by atoms with Crippen LogP contribution in [0.5, 0.6) is 5.75 Å². The molecule has 5 rings (SSSR count). The van der Waals surface area contributed by atoms with Gasteiger partial charge in [0.2, 0.25) is 5.91 Å². The molecule has 0 bridgehead atoms. The number of ketones is 1. The van der Waals surface area contributed by atoms with E-state index in [9.17, 15) is 19.2 Å². The van der Waals surface area contributed by atoms with Gasteiger partial charge in [-0.05, 0) is 47.7 Å². The lowest BCUT2D eigenvalue weighted by molar-refractivity contribution is -0.152. The summed E-state index contributed by atoms with van der Waals surface area (Å²) in [5, 5.41) is 0. The van der Waals surface area contributed by atoms with E-state index in [0.717, 1.165) is 17.4 Å². The number of likely N-dealkylation sites (N-methyl/N-ethyl adjacent to an activating group) is 1. The molecule has 6 atom stereocenters. The van der Waals surface area contributed by atoms with Gasteiger partial charge in [-0.15, -0.1) is 0 Å². The van der Waals surface area contributed by atoms with Gasteiger partial charge in [-0.1, -0.05) is 43.3 Å². The number of hydrogen-bond acceptors (Lipinski definition) is 6.